The van der Waals surface area contributed by atoms with E-state index in [1.54, 1.807) is 18.2 Å². The van der Waals surface area contributed by atoms with Gasteiger partial charge in [-0.3, -0.25) is 0 Å². The first-order valence-corrected chi connectivity index (χ1v) is 10.3. The van der Waals surface area contributed by atoms with Gasteiger partial charge < -0.3 is 9.47 Å². The third-order valence-corrected chi connectivity index (χ3v) is 5.81. The van der Waals surface area contributed by atoms with Crippen LogP contribution in [0.5, 0.6) is 5.75 Å². The van der Waals surface area contributed by atoms with E-state index in [4.69, 9.17) is 13.8 Å². The second kappa shape index (κ2) is 7.82. The quantitative estimate of drug-likeness (QED) is 0.759. The molecule has 1 aliphatic carbocycles. The normalized spacial score (nSPS) is 19.8. The SMILES string of the molecule is O=S(=O)(ON1CCO[C@@H](COc2cccc3c2CC=C3)C1)c1ccccc1. The van der Waals surface area contributed by atoms with E-state index in [-0.39, 0.29) is 11.0 Å². The maximum absolute atomic E-state index is 12.4. The maximum Gasteiger partial charge on any atom is 0.313 e. The summed E-state index contributed by atoms with van der Waals surface area (Å²) in [5.41, 5.74) is 2.35. The lowest BCUT2D eigenvalue weighted by atomic mass is 10.1. The highest BCUT2D eigenvalue weighted by Gasteiger charge is 2.27. The molecule has 0 bridgehead atoms. The summed E-state index contributed by atoms with van der Waals surface area (Å²) in [5.74, 6) is 0.844. The predicted molar refractivity (Wildman–Crippen MR) is 101 cm³/mol. The lowest BCUT2D eigenvalue weighted by Gasteiger charge is -2.31. The topological polar surface area (TPSA) is 65.1 Å². The molecule has 1 heterocycles. The van der Waals surface area contributed by atoms with E-state index >= 15 is 0 Å². The van der Waals surface area contributed by atoms with Crippen molar-refractivity contribution in [2.24, 2.45) is 0 Å². The van der Waals surface area contributed by atoms with Gasteiger partial charge >= 0.3 is 10.1 Å². The Hall–Kier alpha value is -2.19. The fourth-order valence-electron chi connectivity index (χ4n) is 3.21. The van der Waals surface area contributed by atoms with E-state index in [1.165, 1.54) is 28.3 Å². The summed E-state index contributed by atoms with van der Waals surface area (Å²) in [4.78, 5) is 0.136. The number of morpholine rings is 1. The highest BCUT2D eigenvalue weighted by atomic mass is 32.2. The van der Waals surface area contributed by atoms with Crippen LogP contribution in [-0.2, 0) is 25.6 Å². The molecule has 0 saturated carbocycles. The molecule has 6 nitrogen and oxygen atoms in total. The van der Waals surface area contributed by atoms with Gasteiger partial charge in [0.1, 0.15) is 18.5 Å². The molecule has 2 aromatic carbocycles. The van der Waals surface area contributed by atoms with Crippen molar-refractivity contribution in [2.45, 2.75) is 17.4 Å². The number of hydroxylamine groups is 2. The first kappa shape index (κ1) is 18.2. The first-order valence-electron chi connectivity index (χ1n) is 8.89. The molecular weight excluding hydrogens is 366 g/mol. The largest absolute Gasteiger partial charge is 0.491 e. The minimum atomic E-state index is -3.84. The second-order valence-electron chi connectivity index (χ2n) is 6.46. The average Bonchev–Trinajstić information content (AvgIpc) is 3.16. The smallest absolute Gasteiger partial charge is 0.313 e. The number of fused-ring (bicyclic) bond motifs is 1. The van der Waals surface area contributed by atoms with Crippen LogP contribution in [0.25, 0.3) is 6.08 Å². The number of ether oxygens (including phenoxy) is 2. The maximum atomic E-state index is 12.4. The van der Waals surface area contributed by atoms with E-state index in [9.17, 15) is 8.42 Å². The minimum Gasteiger partial charge on any atom is -0.491 e. The molecule has 0 radical (unpaired) electrons. The van der Waals surface area contributed by atoms with Crippen molar-refractivity contribution in [1.29, 1.82) is 0 Å². The number of nitrogens with zero attached hydrogens (tertiary/aromatic N) is 1. The number of benzene rings is 2. The number of hydrogen-bond acceptors (Lipinski definition) is 6. The van der Waals surface area contributed by atoms with Crippen LogP contribution in [0.1, 0.15) is 11.1 Å². The third-order valence-electron chi connectivity index (χ3n) is 4.55. The zero-order valence-electron chi connectivity index (χ0n) is 14.8. The Morgan fingerprint density at radius 3 is 2.81 bits per heavy atom. The van der Waals surface area contributed by atoms with Crippen LogP contribution in [0.2, 0.25) is 0 Å². The van der Waals surface area contributed by atoms with E-state index in [0.29, 0.717) is 26.3 Å². The minimum absolute atomic E-state index is 0.136. The van der Waals surface area contributed by atoms with Crippen molar-refractivity contribution in [3.05, 3.63) is 65.7 Å². The Kier molecular flexibility index (Phi) is 5.27. The number of allylic oxidation sites excluding steroid dienone is 1. The van der Waals surface area contributed by atoms with Crippen molar-refractivity contribution < 1.29 is 22.2 Å². The summed E-state index contributed by atoms with van der Waals surface area (Å²) in [6.45, 7) is 1.42. The molecule has 4 rings (SSSR count). The van der Waals surface area contributed by atoms with Crippen LogP contribution >= 0.6 is 0 Å². The highest BCUT2D eigenvalue weighted by molar-refractivity contribution is 7.86. The Morgan fingerprint density at radius 2 is 1.96 bits per heavy atom. The molecule has 27 heavy (non-hydrogen) atoms. The van der Waals surface area contributed by atoms with E-state index in [2.05, 4.69) is 18.2 Å². The molecule has 0 unspecified atom stereocenters. The first-order chi connectivity index (χ1) is 13.1. The van der Waals surface area contributed by atoms with Crippen LogP contribution in [0.4, 0.5) is 0 Å². The van der Waals surface area contributed by atoms with Gasteiger partial charge in [0, 0.05) is 12.1 Å². The van der Waals surface area contributed by atoms with Crippen LogP contribution in [0.3, 0.4) is 0 Å². The lowest BCUT2D eigenvalue weighted by molar-refractivity contribution is -0.150. The molecular formula is C20H21NO5S. The van der Waals surface area contributed by atoms with Gasteiger partial charge in [-0.1, -0.05) is 42.5 Å². The van der Waals surface area contributed by atoms with Gasteiger partial charge in [-0.15, -0.1) is 0 Å². The average molecular weight is 387 g/mol. The third kappa shape index (κ3) is 4.22. The molecule has 0 aromatic heterocycles. The standard InChI is InChI=1S/C20H21NO5S/c22-27(23,18-8-2-1-3-9-18)26-21-12-13-24-17(14-21)15-25-20-11-5-7-16-6-4-10-19(16)20/h1-9,11,17H,10,12-15H2/t17-/m1/s1. The van der Waals surface area contributed by atoms with Crippen molar-refractivity contribution in [2.75, 3.05) is 26.3 Å². The summed E-state index contributed by atoms with van der Waals surface area (Å²) in [6.07, 6.45) is 4.79. The summed E-state index contributed by atoms with van der Waals surface area (Å²) in [7, 11) is -3.84. The highest BCUT2D eigenvalue weighted by Crippen LogP contribution is 2.29. The molecule has 0 amide bonds. The van der Waals surface area contributed by atoms with Gasteiger partial charge in [-0.2, -0.15) is 17.8 Å². The van der Waals surface area contributed by atoms with Gasteiger partial charge in [0.2, 0.25) is 0 Å². The molecule has 1 fully saturated rings. The lowest BCUT2D eigenvalue weighted by Crippen LogP contribution is -2.45. The zero-order chi connectivity index (χ0) is 18.7. The fraction of sp³-hybridized carbons (Fsp3) is 0.300. The molecule has 2 aliphatic rings. The summed E-state index contributed by atoms with van der Waals surface area (Å²) >= 11 is 0. The molecule has 1 aliphatic heterocycles. The molecule has 142 valence electrons. The molecule has 7 heteroatoms. The van der Waals surface area contributed by atoms with Crippen LogP contribution in [-0.4, -0.2) is 45.9 Å². The van der Waals surface area contributed by atoms with Crippen molar-refractivity contribution in [1.82, 2.24) is 5.06 Å². The van der Waals surface area contributed by atoms with Crippen LogP contribution < -0.4 is 4.74 Å². The van der Waals surface area contributed by atoms with Gasteiger partial charge in [-0.05, 0) is 30.2 Å². The fourth-order valence-corrected chi connectivity index (χ4v) is 4.20. The molecule has 1 atom stereocenters. The van der Waals surface area contributed by atoms with Crippen molar-refractivity contribution in [3.8, 4) is 5.75 Å². The Bertz CT molecular complexity index is 927. The van der Waals surface area contributed by atoms with E-state index in [1.807, 2.05) is 12.1 Å². The van der Waals surface area contributed by atoms with Gasteiger partial charge in [0.05, 0.1) is 18.0 Å². The molecule has 2 aromatic rings. The Balaban J connectivity index is 1.36. The monoisotopic (exact) mass is 387 g/mol. The summed E-state index contributed by atoms with van der Waals surface area (Å²) in [6, 6.07) is 14.1. The van der Waals surface area contributed by atoms with Gasteiger partial charge in [-0.25, -0.2) is 0 Å². The summed E-state index contributed by atoms with van der Waals surface area (Å²) < 4.78 is 41.7. The van der Waals surface area contributed by atoms with Gasteiger partial charge in [0.15, 0.2) is 0 Å². The van der Waals surface area contributed by atoms with Gasteiger partial charge in [0.25, 0.3) is 0 Å². The second-order valence-corrected chi connectivity index (χ2v) is 7.99. The van der Waals surface area contributed by atoms with E-state index in [0.717, 1.165) is 12.2 Å². The molecule has 0 spiro atoms. The predicted octanol–water partition coefficient (Wildman–Crippen LogP) is 2.66. The van der Waals surface area contributed by atoms with Crippen molar-refractivity contribution >= 4 is 16.2 Å². The Morgan fingerprint density at radius 1 is 1.11 bits per heavy atom. The molecule has 1 saturated heterocycles. The number of rotatable bonds is 6. The molecule has 0 N–H and O–H groups in total. The van der Waals surface area contributed by atoms with Crippen LogP contribution in [0, 0.1) is 0 Å². The van der Waals surface area contributed by atoms with Crippen LogP contribution in [0.15, 0.2) is 59.5 Å². The Labute approximate surface area is 159 Å². The number of hydrogen-bond donors (Lipinski definition) is 0. The zero-order valence-corrected chi connectivity index (χ0v) is 15.6. The summed E-state index contributed by atoms with van der Waals surface area (Å²) in [5, 5.41) is 1.43. The van der Waals surface area contributed by atoms with E-state index < -0.39 is 10.1 Å². The van der Waals surface area contributed by atoms with Crippen molar-refractivity contribution in [3.63, 3.8) is 0 Å².